The van der Waals surface area contributed by atoms with Crippen LogP contribution in [-0.2, 0) is 17.8 Å². The van der Waals surface area contributed by atoms with Crippen LogP contribution in [0, 0.1) is 0 Å². The molecule has 0 radical (unpaired) electrons. The van der Waals surface area contributed by atoms with Crippen molar-refractivity contribution >= 4 is 35.1 Å². The molecule has 4 nitrogen and oxygen atoms in total. The van der Waals surface area contributed by atoms with Crippen LogP contribution in [0.15, 0.2) is 71.1 Å². The third-order valence-electron chi connectivity index (χ3n) is 3.52. The lowest BCUT2D eigenvalue weighted by Gasteiger charge is -2.06. The van der Waals surface area contributed by atoms with Gasteiger partial charge in [-0.15, -0.1) is 11.3 Å². The van der Waals surface area contributed by atoms with Gasteiger partial charge in [0.05, 0.1) is 12.6 Å². The van der Waals surface area contributed by atoms with Crippen molar-refractivity contribution < 1.29 is 9.53 Å². The van der Waals surface area contributed by atoms with Gasteiger partial charge in [-0.3, -0.25) is 4.79 Å². The maximum absolute atomic E-state index is 11.7. The summed E-state index contributed by atoms with van der Waals surface area (Å²) >= 11 is 7.42. The molecule has 1 heterocycles. The number of halogens is 1. The summed E-state index contributed by atoms with van der Waals surface area (Å²) in [6.45, 7) is 0.476. The third-order valence-corrected chi connectivity index (χ3v) is 4.64. The quantitative estimate of drug-likeness (QED) is 0.475. The maximum atomic E-state index is 11.7. The summed E-state index contributed by atoms with van der Waals surface area (Å²) in [5.41, 5.74) is 4.46. The first-order valence-corrected chi connectivity index (χ1v) is 9.26. The molecule has 26 heavy (non-hydrogen) atoms. The Morgan fingerprint density at radius 3 is 2.58 bits per heavy atom. The van der Waals surface area contributed by atoms with E-state index in [9.17, 15) is 4.79 Å². The van der Waals surface area contributed by atoms with E-state index in [4.69, 9.17) is 16.3 Å². The standard InChI is InChI=1S/C20H17ClN2O2S/c21-17-7-3-16(4-8-17)14-25-18-9-5-15(6-10-18)13-22-23-20(24)12-19-2-1-11-26-19/h1-11,13H,12,14H2,(H,23,24)/b22-13-. The van der Waals surface area contributed by atoms with Crippen molar-refractivity contribution in [3.63, 3.8) is 0 Å². The first kappa shape index (κ1) is 18.2. The van der Waals surface area contributed by atoms with E-state index in [0.717, 1.165) is 21.8 Å². The van der Waals surface area contributed by atoms with Crippen LogP contribution >= 0.6 is 22.9 Å². The van der Waals surface area contributed by atoms with Gasteiger partial charge >= 0.3 is 0 Å². The van der Waals surface area contributed by atoms with Gasteiger partial charge in [0.25, 0.3) is 0 Å². The lowest BCUT2D eigenvalue weighted by atomic mass is 10.2. The molecule has 0 aliphatic heterocycles. The van der Waals surface area contributed by atoms with Gasteiger partial charge in [0.2, 0.25) is 5.91 Å². The topological polar surface area (TPSA) is 50.7 Å². The zero-order valence-corrected chi connectivity index (χ0v) is 15.5. The molecule has 6 heteroatoms. The summed E-state index contributed by atoms with van der Waals surface area (Å²) in [4.78, 5) is 12.8. The van der Waals surface area contributed by atoms with Crippen molar-refractivity contribution in [3.8, 4) is 5.75 Å². The number of rotatable bonds is 7. The number of carbonyl (C=O) groups excluding carboxylic acids is 1. The van der Waals surface area contributed by atoms with Crippen LogP contribution in [0.2, 0.25) is 5.02 Å². The average Bonchev–Trinajstić information content (AvgIpc) is 3.15. The van der Waals surface area contributed by atoms with Gasteiger partial charge in [-0.25, -0.2) is 5.43 Å². The van der Waals surface area contributed by atoms with E-state index in [2.05, 4.69) is 10.5 Å². The molecule has 0 aliphatic rings. The maximum Gasteiger partial charge on any atom is 0.245 e. The smallest absolute Gasteiger partial charge is 0.245 e. The number of nitrogens with zero attached hydrogens (tertiary/aromatic N) is 1. The monoisotopic (exact) mass is 384 g/mol. The number of hydrogen-bond donors (Lipinski definition) is 1. The molecule has 0 spiro atoms. The molecule has 3 rings (SSSR count). The van der Waals surface area contributed by atoms with Gasteiger partial charge in [-0.1, -0.05) is 29.8 Å². The molecule has 0 bridgehead atoms. The molecular weight excluding hydrogens is 368 g/mol. The minimum atomic E-state index is -0.133. The zero-order valence-electron chi connectivity index (χ0n) is 13.9. The molecule has 0 atom stereocenters. The van der Waals surface area contributed by atoms with Crippen LogP contribution in [0.3, 0.4) is 0 Å². The minimum absolute atomic E-state index is 0.133. The number of benzene rings is 2. The van der Waals surface area contributed by atoms with Crippen molar-refractivity contribution in [2.75, 3.05) is 0 Å². The molecule has 1 N–H and O–H groups in total. The number of carbonyl (C=O) groups is 1. The van der Waals surface area contributed by atoms with E-state index in [1.807, 2.05) is 66.0 Å². The second-order valence-corrected chi connectivity index (χ2v) is 7.00. The van der Waals surface area contributed by atoms with Gasteiger partial charge < -0.3 is 4.74 Å². The Morgan fingerprint density at radius 1 is 1.12 bits per heavy atom. The van der Waals surface area contributed by atoms with Crippen LogP contribution in [-0.4, -0.2) is 12.1 Å². The zero-order chi connectivity index (χ0) is 18.2. The minimum Gasteiger partial charge on any atom is -0.489 e. The van der Waals surface area contributed by atoms with Gasteiger partial charge in [0.15, 0.2) is 0 Å². The fourth-order valence-corrected chi connectivity index (χ4v) is 3.02. The largest absolute Gasteiger partial charge is 0.489 e. The summed E-state index contributed by atoms with van der Waals surface area (Å²) in [7, 11) is 0. The normalized spacial score (nSPS) is 10.8. The second kappa shape index (κ2) is 9.17. The lowest BCUT2D eigenvalue weighted by Crippen LogP contribution is -2.19. The van der Waals surface area contributed by atoms with E-state index in [1.165, 1.54) is 0 Å². The number of hydrazone groups is 1. The number of nitrogens with one attached hydrogen (secondary N) is 1. The first-order valence-electron chi connectivity index (χ1n) is 8.00. The number of ether oxygens (including phenoxy) is 1. The van der Waals surface area contributed by atoms with Crippen LogP contribution in [0.25, 0.3) is 0 Å². The Bertz CT molecular complexity index is 860. The Balaban J connectivity index is 1.46. The fourth-order valence-electron chi connectivity index (χ4n) is 2.19. The van der Waals surface area contributed by atoms with E-state index in [1.54, 1.807) is 17.6 Å². The van der Waals surface area contributed by atoms with E-state index in [0.29, 0.717) is 18.1 Å². The highest BCUT2D eigenvalue weighted by Gasteiger charge is 2.02. The van der Waals surface area contributed by atoms with Crippen molar-refractivity contribution in [2.24, 2.45) is 5.10 Å². The molecule has 1 aromatic heterocycles. The van der Waals surface area contributed by atoms with Crippen LogP contribution in [0.4, 0.5) is 0 Å². The Morgan fingerprint density at radius 2 is 1.88 bits per heavy atom. The molecule has 0 aliphatic carbocycles. The summed E-state index contributed by atoms with van der Waals surface area (Å²) in [5.74, 6) is 0.630. The van der Waals surface area contributed by atoms with Gasteiger partial charge in [0.1, 0.15) is 12.4 Å². The molecule has 0 saturated carbocycles. The fraction of sp³-hybridized carbons (Fsp3) is 0.100. The van der Waals surface area contributed by atoms with Crippen LogP contribution < -0.4 is 10.2 Å². The molecule has 132 valence electrons. The van der Waals surface area contributed by atoms with E-state index >= 15 is 0 Å². The van der Waals surface area contributed by atoms with Gasteiger partial charge in [0, 0.05) is 9.90 Å². The van der Waals surface area contributed by atoms with Crippen LogP contribution in [0.5, 0.6) is 5.75 Å². The van der Waals surface area contributed by atoms with Gasteiger partial charge in [-0.05, 0) is 59.0 Å². The van der Waals surface area contributed by atoms with Crippen molar-refractivity contribution in [2.45, 2.75) is 13.0 Å². The van der Waals surface area contributed by atoms with Crippen molar-refractivity contribution in [1.82, 2.24) is 5.43 Å². The average molecular weight is 385 g/mol. The molecular formula is C20H17ClN2O2S. The summed E-state index contributed by atoms with van der Waals surface area (Å²) in [6.07, 6.45) is 1.95. The van der Waals surface area contributed by atoms with E-state index in [-0.39, 0.29) is 5.91 Å². The lowest BCUT2D eigenvalue weighted by molar-refractivity contribution is -0.120. The highest BCUT2D eigenvalue weighted by atomic mass is 35.5. The predicted molar refractivity (Wildman–Crippen MR) is 106 cm³/mol. The first-order chi connectivity index (χ1) is 12.7. The van der Waals surface area contributed by atoms with Crippen molar-refractivity contribution in [1.29, 1.82) is 0 Å². The highest BCUT2D eigenvalue weighted by molar-refractivity contribution is 7.10. The third kappa shape index (κ3) is 5.72. The van der Waals surface area contributed by atoms with Gasteiger partial charge in [-0.2, -0.15) is 5.10 Å². The summed E-state index contributed by atoms with van der Waals surface area (Å²) in [5, 5.41) is 6.64. The Hall–Kier alpha value is -2.63. The number of thiophene rings is 1. The Kier molecular flexibility index (Phi) is 6.41. The van der Waals surface area contributed by atoms with Crippen molar-refractivity contribution in [3.05, 3.63) is 87.1 Å². The number of hydrogen-bond acceptors (Lipinski definition) is 4. The Labute approximate surface area is 161 Å². The SMILES string of the molecule is O=C(Cc1cccs1)N/N=C\c1ccc(OCc2ccc(Cl)cc2)cc1. The molecule has 0 unspecified atom stereocenters. The predicted octanol–water partition coefficient (Wildman–Crippen LogP) is 4.67. The second-order valence-electron chi connectivity index (χ2n) is 5.53. The van der Waals surface area contributed by atoms with E-state index < -0.39 is 0 Å². The highest BCUT2D eigenvalue weighted by Crippen LogP contribution is 2.15. The number of amides is 1. The van der Waals surface area contributed by atoms with Crippen LogP contribution in [0.1, 0.15) is 16.0 Å². The molecule has 1 amide bonds. The molecule has 0 fully saturated rings. The molecule has 3 aromatic rings. The summed E-state index contributed by atoms with van der Waals surface area (Å²) < 4.78 is 5.73. The summed E-state index contributed by atoms with van der Waals surface area (Å²) in [6, 6.07) is 18.9. The molecule has 0 saturated heterocycles. The molecule has 2 aromatic carbocycles.